The van der Waals surface area contributed by atoms with E-state index < -0.39 is 0 Å². The van der Waals surface area contributed by atoms with Gasteiger partial charge in [0.25, 0.3) is 0 Å². The molecule has 3 unspecified atom stereocenters. The quantitative estimate of drug-likeness (QED) is 0.778. The lowest BCUT2D eigenvalue weighted by molar-refractivity contribution is -0.140. The zero-order valence-electron chi connectivity index (χ0n) is 11.6. The maximum Gasteiger partial charge on any atom is 0.247 e. The van der Waals surface area contributed by atoms with Crippen LogP contribution in [0.3, 0.4) is 0 Å². The predicted octanol–water partition coefficient (Wildman–Crippen LogP) is 1.69. The van der Waals surface area contributed by atoms with E-state index in [1.807, 2.05) is 13.8 Å². The molecule has 0 aromatic heterocycles. The maximum absolute atomic E-state index is 12.2. The van der Waals surface area contributed by atoms with Gasteiger partial charge in [-0.2, -0.15) is 0 Å². The summed E-state index contributed by atoms with van der Waals surface area (Å²) >= 11 is 0. The van der Waals surface area contributed by atoms with Crippen molar-refractivity contribution in [3.63, 3.8) is 0 Å². The first-order valence-corrected chi connectivity index (χ1v) is 7.11. The van der Waals surface area contributed by atoms with Crippen LogP contribution in [-0.4, -0.2) is 34.8 Å². The Labute approximate surface area is 109 Å². The molecule has 2 fully saturated rings. The van der Waals surface area contributed by atoms with E-state index in [1.54, 1.807) is 0 Å². The molecule has 2 aliphatic rings. The Kier molecular flexibility index (Phi) is 4.05. The summed E-state index contributed by atoms with van der Waals surface area (Å²) in [6.07, 6.45) is 5.10. The van der Waals surface area contributed by atoms with Crippen molar-refractivity contribution in [2.45, 2.75) is 71.0 Å². The van der Waals surface area contributed by atoms with Crippen LogP contribution in [0.1, 0.15) is 52.9 Å². The molecular weight excluding hydrogens is 228 g/mol. The van der Waals surface area contributed by atoms with Crippen LogP contribution in [0.4, 0.5) is 0 Å². The van der Waals surface area contributed by atoms with Gasteiger partial charge in [-0.1, -0.05) is 19.8 Å². The highest BCUT2D eigenvalue weighted by atomic mass is 16.2. The van der Waals surface area contributed by atoms with Crippen LogP contribution in [0.25, 0.3) is 0 Å². The van der Waals surface area contributed by atoms with Gasteiger partial charge < -0.3 is 5.32 Å². The van der Waals surface area contributed by atoms with Gasteiger partial charge in [0.2, 0.25) is 11.8 Å². The predicted molar refractivity (Wildman–Crippen MR) is 69.9 cm³/mol. The first kappa shape index (κ1) is 13.5. The van der Waals surface area contributed by atoms with Gasteiger partial charge in [-0.05, 0) is 32.6 Å². The summed E-state index contributed by atoms with van der Waals surface area (Å²) in [6.45, 7) is 6.04. The van der Waals surface area contributed by atoms with Crippen molar-refractivity contribution >= 4 is 11.8 Å². The second-order valence-corrected chi connectivity index (χ2v) is 6.09. The largest absolute Gasteiger partial charge is 0.303 e. The zero-order chi connectivity index (χ0) is 13.3. The SMILES string of the molecule is CC1CCCC(NC2CC(=O)N(C(C)C)C2=O)C1. The highest BCUT2D eigenvalue weighted by Crippen LogP contribution is 2.25. The van der Waals surface area contributed by atoms with E-state index in [0.717, 1.165) is 18.8 Å². The Morgan fingerprint density at radius 3 is 2.56 bits per heavy atom. The normalized spacial score (nSPS) is 33.6. The number of nitrogens with zero attached hydrogens (tertiary/aromatic N) is 1. The summed E-state index contributed by atoms with van der Waals surface area (Å²) in [6, 6.07) is 0.0971. The van der Waals surface area contributed by atoms with Crippen LogP contribution in [0.5, 0.6) is 0 Å². The van der Waals surface area contributed by atoms with E-state index in [0.29, 0.717) is 12.5 Å². The molecule has 1 saturated heterocycles. The maximum atomic E-state index is 12.2. The van der Waals surface area contributed by atoms with E-state index >= 15 is 0 Å². The summed E-state index contributed by atoms with van der Waals surface area (Å²) in [5.41, 5.74) is 0. The fraction of sp³-hybridized carbons (Fsp3) is 0.857. The first-order chi connectivity index (χ1) is 8.49. The lowest BCUT2D eigenvalue weighted by atomic mass is 9.86. The molecular formula is C14H24N2O2. The summed E-state index contributed by atoms with van der Waals surface area (Å²) in [5, 5.41) is 3.40. The van der Waals surface area contributed by atoms with Crippen molar-refractivity contribution < 1.29 is 9.59 Å². The molecule has 1 aliphatic heterocycles. The molecule has 102 valence electrons. The van der Waals surface area contributed by atoms with Gasteiger partial charge in [0, 0.05) is 12.1 Å². The van der Waals surface area contributed by atoms with Gasteiger partial charge in [-0.25, -0.2) is 0 Å². The fourth-order valence-electron chi connectivity index (χ4n) is 3.19. The van der Waals surface area contributed by atoms with Crippen molar-refractivity contribution in [1.29, 1.82) is 0 Å². The lowest BCUT2D eigenvalue weighted by Crippen LogP contribution is -2.46. The second kappa shape index (κ2) is 5.39. The highest BCUT2D eigenvalue weighted by Gasteiger charge is 2.40. The van der Waals surface area contributed by atoms with Crippen LogP contribution in [0.15, 0.2) is 0 Å². The average Bonchev–Trinajstić information content (AvgIpc) is 2.54. The van der Waals surface area contributed by atoms with Crippen molar-refractivity contribution in [2.24, 2.45) is 5.92 Å². The van der Waals surface area contributed by atoms with Gasteiger partial charge in [0.15, 0.2) is 0 Å². The Morgan fingerprint density at radius 1 is 1.28 bits per heavy atom. The number of imide groups is 1. The van der Waals surface area contributed by atoms with Gasteiger partial charge in [-0.15, -0.1) is 0 Å². The van der Waals surface area contributed by atoms with Gasteiger partial charge in [0.1, 0.15) is 0 Å². The summed E-state index contributed by atoms with van der Waals surface area (Å²) in [4.78, 5) is 25.4. The van der Waals surface area contributed by atoms with Crippen molar-refractivity contribution in [2.75, 3.05) is 0 Å². The molecule has 1 heterocycles. The standard InChI is InChI=1S/C14H24N2O2/c1-9(2)16-13(17)8-12(14(16)18)15-11-6-4-5-10(3)7-11/h9-12,15H,4-8H2,1-3H3. The lowest BCUT2D eigenvalue weighted by Gasteiger charge is -2.29. The average molecular weight is 252 g/mol. The topological polar surface area (TPSA) is 49.4 Å². The van der Waals surface area contributed by atoms with Crippen molar-refractivity contribution in [3.8, 4) is 0 Å². The summed E-state index contributed by atoms with van der Waals surface area (Å²) in [5.74, 6) is 0.661. The third-order valence-electron chi connectivity index (χ3n) is 4.07. The fourth-order valence-corrected chi connectivity index (χ4v) is 3.19. The smallest absolute Gasteiger partial charge is 0.247 e. The molecule has 0 spiro atoms. The Morgan fingerprint density at radius 2 is 2.00 bits per heavy atom. The molecule has 1 N–H and O–H groups in total. The number of nitrogens with one attached hydrogen (secondary N) is 1. The van der Waals surface area contributed by atoms with E-state index in [4.69, 9.17) is 0 Å². The van der Waals surface area contributed by atoms with E-state index in [9.17, 15) is 9.59 Å². The minimum atomic E-state index is -0.282. The molecule has 0 radical (unpaired) electrons. The minimum Gasteiger partial charge on any atom is -0.303 e. The summed E-state index contributed by atoms with van der Waals surface area (Å²) < 4.78 is 0. The Bertz CT molecular complexity index is 341. The van der Waals surface area contributed by atoms with Gasteiger partial charge in [0.05, 0.1) is 12.5 Å². The second-order valence-electron chi connectivity index (χ2n) is 6.09. The molecule has 2 amide bonds. The number of likely N-dealkylation sites (tertiary alicyclic amines) is 1. The molecule has 1 saturated carbocycles. The van der Waals surface area contributed by atoms with E-state index in [2.05, 4.69) is 12.2 Å². The number of carbonyl (C=O) groups is 2. The zero-order valence-corrected chi connectivity index (χ0v) is 11.6. The molecule has 0 aromatic rings. The molecule has 0 bridgehead atoms. The number of rotatable bonds is 3. The Balaban J connectivity index is 1.94. The van der Waals surface area contributed by atoms with Crippen LogP contribution in [0.2, 0.25) is 0 Å². The molecule has 4 nitrogen and oxygen atoms in total. The number of amides is 2. The third-order valence-corrected chi connectivity index (χ3v) is 4.07. The number of hydrogen-bond acceptors (Lipinski definition) is 3. The van der Waals surface area contributed by atoms with Gasteiger partial charge in [-0.3, -0.25) is 14.5 Å². The van der Waals surface area contributed by atoms with Crippen LogP contribution >= 0.6 is 0 Å². The first-order valence-electron chi connectivity index (χ1n) is 7.11. The van der Waals surface area contributed by atoms with Crippen molar-refractivity contribution in [1.82, 2.24) is 10.2 Å². The summed E-state index contributed by atoms with van der Waals surface area (Å²) in [7, 11) is 0. The molecule has 0 aromatic carbocycles. The highest BCUT2D eigenvalue weighted by molar-refractivity contribution is 6.05. The van der Waals surface area contributed by atoms with Crippen molar-refractivity contribution in [3.05, 3.63) is 0 Å². The number of carbonyl (C=O) groups excluding carboxylic acids is 2. The van der Waals surface area contributed by atoms with Crippen LogP contribution in [0, 0.1) is 5.92 Å². The molecule has 3 atom stereocenters. The van der Waals surface area contributed by atoms with E-state index in [1.165, 1.54) is 17.7 Å². The molecule has 4 heteroatoms. The van der Waals surface area contributed by atoms with E-state index in [-0.39, 0.29) is 23.9 Å². The van der Waals surface area contributed by atoms with Gasteiger partial charge >= 0.3 is 0 Å². The molecule has 1 aliphatic carbocycles. The van der Waals surface area contributed by atoms with Crippen LogP contribution in [-0.2, 0) is 9.59 Å². The number of hydrogen-bond donors (Lipinski definition) is 1. The minimum absolute atomic E-state index is 0.0259. The monoisotopic (exact) mass is 252 g/mol. The molecule has 18 heavy (non-hydrogen) atoms. The van der Waals surface area contributed by atoms with Crippen LogP contribution < -0.4 is 5.32 Å². The molecule has 2 rings (SSSR count). The Hall–Kier alpha value is -0.900. The third kappa shape index (κ3) is 2.74.